The van der Waals surface area contributed by atoms with Crippen LogP contribution in [0.2, 0.25) is 0 Å². The quantitative estimate of drug-likeness (QED) is 0.302. The molecule has 0 N–H and O–H groups in total. The molecule has 0 aromatic carbocycles. The highest BCUT2D eigenvalue weighted by Gasteiger charge is 2.60. The van der Waals surface area contributed by atoms with Gasteiger partial charge in [0.25, 0.3) is 0 Å². The highest BCUT2D eigenvalue weighted by atomic mass is 16.5. The molecule has 6 heteroatoms. The third kappa shape index (κ3) is 4.19. The fourth-order valence-electron chi connectivity index (χ4n) is 8.53. The van der Waals surface area contributed by atoms with E-state index in [4.69, 9.17) is 14.2 Å². The summed E-state index contributed by atoms with van der Waals surface area (Å²) in [6.45, 7) is 9.87. The maximum Gasteiger partial charge on any atom is 0.305 e. The van der Waals surface area contributed by atoms with Gasteiger partial charge in [-0.25, -0.2) is 0 Å². The summed E-state index contributed by atoms with van der Waals surface area (Å²) in [7, 11) is 1.45. The van der Waals surface area contributed by atoms with Gasteiger partial charge in [-0.1, -0.05) is 31.9 Å². The van der Waals surface area contributed by atoms with Crippen molar-refractivity contribution in [1.82, 2.24) is 0 Å². The van der Waals surface area contributed by atoms with Crippen LogP contribution in [0.1, 0.15) is 92.4 Å². The van der Waals surface area contributed by atoms with Gasteiger partial charge in [0.1, 0.15) is 12.2 Å². The summed E-state index contributed by atoms with van der Waals surface area (Å²) in [6, 6.07) is 0. The van der Waals surface area contributed by atoms with Crippen molar-refractivity contribution in [2.45, 2.75) is 105 Å². The van der Waals surface area contributed by atoms with Crippen molar-refractivity contribution < 1.29 is 28.6 Å². The standard InChI is InChI=1S/C28H42O6/c1-16(13-26(31)32-6)22-9-10-23-21-8-7-19-14-20(33-17(2)29)11-12-27(19,4)24(21)15-25(28(22,23)5)34-18(3)30/h16,19-20,22,24-25H,7-15H2,1-6H3/t16-,19-,20-,22+,24+,25+,27+,28+/m1/s1. The molecule has 4 aliphatic rings. The first-order valence-corrected chi connectivity index (χ1v) is 13.1. The van der Waals surface area contributed by atoms with Gasteiger partial charge >= 0.3 is 17.9 Å². The Hall–Kier alpha value is -1.85. The number of methoxy groups -OCH3 is 1. The zero-order chi connectivity index (χ0) is 24.8. The van der Waals surface area contributed by atoms with E-state index in [9.17, 15) is 14.4 Å². The zero-order valence-electron chi connectivity index (χ0n) is 21.8. The SMILES string of the molecule is COC(=O)C[C@@H](C)[C@@H]1CCC2=C3CC[C@@H]4C[C@H](OC(C)=O)CC[C@]4(C)[C@H]3C[C@H](OC(C)=O)[C@]21C. The van der Waals surface area contributed by atoms with Crippen LogP contribution in [0.3, 0.4) is 0 Å². The second kappa shape index (κ2) is 9.31. The minimum Gasteiger partial charge on any atom is -0.469 e. The molecule has 3 saturated carbocycles. The third-order valence-electron chi connectivity index (χ3n) is 10.1. The second-order valence-electron chi connectivity index (χ2n) is 11.8. The van der Waals surface area contributed by atoms with Crippen LogP contribution in [0.5, 0.6) is 0 Å². The number of esters is 3. The van der Waals surface area contributed by atoms with E-state index in [1.165, 1.54) is 26.5 Å². The van der Waals surface area contributed by atoms with Crippen molar-refractivity contribution in [3.8, 4) is 0 Å². The Morgan fingerprint density at radius 2 is 1.71 bits per heavy atom. The Kier molecular flexibility index (Phi) is 6.91. The highest BCUT2D eigenvalue weighted by molar-refractivity contribution is 5.69. The molecular formula is C28H42O6. The fraction of sp³-hybridized carbons (Fsp3) is 0.821. The normalized spacial score (nSPS) is 39.9. The molecule has 0 radical (unpaired) electrons. The van der Waals surface area contributed by atoms with Crippen LogP contribution in [-0.4, -0.2) is 37.2 Å². The lowest BCUT2D eigenvalue weighted by Gasteiger charge is -2.58. The molecule has 4 aliphatic carbocycles. The van der Waals surface area contributed by atoms with Gasteiger partial charge < -0.3 is 14.2 Å². The van der Waals surface area contributed by atoms with Crippen molar-refractivity contribution in [3.63, 3.8) is 0 Å². The van der Waals surface area contributed by atoms with Gasteiger partial charge in [0.2, 0.25) is 0 Å². The number of fused-ring (bicyclic) bond motifs is 4. The molecule has 34 heavy (non-hydrogen) atoms. The number of carbonyl (C=O) groups is 3. The summed E-state index contributed by atoms with van der Waals surface area (Å²) in [5.74, 6) is 0.766. The molecule has 0 aliphatic heterocycles. The van der Waals surface area contributed by atoms with Gasteiger partial charge in [0.05, 0.1) is 7.11 Å². The predicted molar refractivity (Wildman–Crippen MR) is 128 cm³/mol. The van der Waals surface area contributed by atoms with E-state index in [1.807, 2.05) is 0 Å². The molecular weight excluding hydrogens is 432 g/mol. The van der Waals surface area contributed by atoms with E-state index in [-0.39, 0.29) is 52.8 Å². The van der Waals surface area contributed by atoms with Gasteiger partial charge in [0.15, 0.2) is 0 Å². The van der Waals surface area contributed by atoms with Crippen LogP contribution in [0.25, 0.3) is 0 Å². The first kappa shape index (κ1) is 25.2. The number of ether oxygens (including phenoxy) is 3. The summed E-state index contributed by atoms with van der Waals surface area (Å²) in [6.07, 6.45) is 8.20. The van der Waals surface area contributed by atoms with Crippen LogP contribution < -0.4 is 0 Å². The number of hydrogen-bond acceptors (Lipinski definition) is 6. The van der Waals surface area contributed by atoms with Gasteiger partial charge in [0, 0.05) is 25.7 Å². The van der Waals surface area contributed by atoms with Gasteiger partial charge in [-0.2, -0.15) is 0 Å². The molecule has 8 atom stereocenters. The predicted octanol–water partition coefficient (Wildman–Crippen LogP) is 5.38. The van der Waals surface area contributed by atoms with E-state index in [2.05, 4.69) is 20.8 Å². The van der Waals surface area contributed by atoms with Crippen molar-refractivity contribution in [3.05, 3.63) is 11.1 Å². The molecule has 0 aromatic rings. The van der Waals surface area contributed by atoms with Crippen LogP contribution in [-0.2, 0) is 28.6 Å². The molecule has 0 unspecified atom stereocenters. The maximum absolute atomic E-state index is 12.3. The molecule has 0 spiro atoms. The lowest BCUT2D eigenvalue weighted by Crippen LogP contribution is -2.53. The number of hydrogen-bond donors (Lipinski definition) is 0. The number of allylic oxidation sites excluding steroid dienone is 1. The lowest BCUT2D eigenvalue weighted by molar-refractivity contribution is -0.161. The van der Waals surface area contributed by atoms with Crippen molar-refractivity contribution in [2.24, 2.45) is 34.5 Å². The molecule has 0 heterocycles. The van der Waals surface area contributed by atoms with E-state index >= 15 is 0 Å². The maximum atomic E-state index is 12.3. The Bertz CT molecular complexity index is 876. The Morgan fingerprint density at radius 1 is 1.00 bits per heavy atom. The largest absolute Gasteiger partial charge is 0.469 e. The highest BCUT2D eigenvalue weighted by Crippen LogP contribution is 2.66. The third-order valence-corrected chi connectivity index (χ3v) is 10.1. The molecule has 190 valence electrons. The first-order chi connectivity index (χ1) is 16.0. The summed E-state index contributed by atoms with van der Waals surface area (Å²) < 4.78 is 16.7. The van der Waals surface area contributed by atoms with Gasteiger partial charge in [-0.3, -0.25) is 14.4 Å². The van der Waals surface area contributed by atoms with Gasteiger partial charge in [-0.05, 0) is 80.5 Å². The van der Waals surface area contributed by atoms with E-state index in [0.717, 1.165) is 51.4 Å². The second-order valence-corrected chi connectivity index (χ2v) is 11.8. The van der Waals surface area contributed by atoms with Crippen LogP contribution >= 0.6 is 0 Å². The fourth-order valence-corrected chi connectivity index (χ4v) is 8.53. The Balaban J connectivity index is 1.68. The van der Waals surface area contributed by atoms with Crippen LogP contribution in [0, 0.1) is 34.5 Å². The monoisotopic (exact) mass is 474 g/mol. The van der Waals surface area contributed by atoms with Crippen molar-refractivity contribution in [1.29, 1.82) is 0 Å². The van der Waals surface area contributed by atoms with E-state index in [1.54, 1.807) is 5.57 Å². The molecule has 0 saturated heterocycles. The minimum absolute atomic E-state index is 0.0259. The van der Waals surface area contributed by atoms with Crippen LogP contribution in [0.4, 0.5) is 0 Å². The van der Waals surface area contributed by atoms with Crippen molar-refractivity contribution >= 4 is 17.9 Å². The Morgan fingerprint density at radius 3 is 2.35 bits per heavy atom. The summed E-state index contributed by atoms with van der Waals surface area (Å²) in [5.41, 5.74) is 3.00. The topological polar surface area (TPSA) is 78.9 Å². The van der Waals surface area contributed by atoms with Gasteiger partial charge in [-0.15, -0.1) is 0 Å². The lowest BCUT2D eigenvalue weighted by atomic mass is 9.48. The molecule has 6 nitrogen and oxygen atoms in total. The number of rotatable bonds is 5. The van der Waals surface area contributed by atoms with E-state index in [0.29, 0.717) is 18.3 Å². The smallest absolute Gasteiger partial charge is 0.305 e. The molecule has 0 aromatic heterocycles. The number of carbonyl (C=O) groups excluding carboxylic acids is 3. The Labute approximate surface area is 204 Å². The average Bonchev–Trinajstić information content (AvgIpc) is 3.12. The first-order valence-electron chi connectivity index (χ1n) is 13.1. The van der Waals surface area contributed by atoms with Crippen molar-refractivity contribution in [2.75, 3.05) is 7.11 Å². The molecule has 0 amide bonds. The zero-order valence-corrected chi connectivity index (χ0v) is 21.8. The van der Waals surface area contributed by atoms with E-state index < -0.39 is 0 Å². The summed E-state index contributed by atoms with van der Waals surface area (Å²) >= 11 is 0. The minimum atomic E-state index is -0.233. The molecule has 3 fully saturated rings. The van der Waals surface area contributed by atoms with Crippen LogP contribution in [0.15, 0.2) is 11.1 Å². The molecule has 4 rings (SSSR count). The average molecular weight is 475 g/mol. The summed E-state index contributed by atoms with van der Waals surface area (Å²) in [5, 5.41) is 0. The summed E-state index contributed by atoms with van der Waals surface area (Å²) in [4.78, 5) is 35.9. The molecule has 0 bridgehead atoms.